The molecule has 0 amide bonds. The quantitative estimate of drug-likeness (QED) is 0.340. The highest BCUT2D eigenvalue weighted by atomic mass is 31.2. The lowest BCUT2D eigenvalue weighted by Crippen LogP contribution is -2.22. The maximum atomic E-state index is 13.3. The number of benzene rings is 3. The van der Waals surface area contributed by atoms with E-state index in [0.717, 1.165) is 15.9 Å². The van der Waals surface area contributed by atoms with Crippen LogP contribution in [-0.4, -0.2) is 11.6 Å². The van der Waals surface area contributed by atoms with Gasteiger partial charge in [-0.3, -0.25) is 4.79 Å². The second-order valence-corrected chi connectivity index (χ2v) is 9.76. The smallest absolute Gasteiger partial charge is 0.186 e. The highest BCUT2D eigenvalue weighted by Gasteiger charge is 2.31. The van der Waals surface area contributed by atoms with Crippen molar-refractivity contribution in [2.75, 3.05) is 0 Å². The van der Waals surface area contributed by atoms with E-state index >= 15 is 0 Å². The summed E-state index contributed by atoms with van der Waals surface area (Å²) in [4.78, 5) is 13.3. The second kappa shape index (κ2) is 8.19. The third-order valence-electron chi connectivity index (χ3n) is 4.80. The van der Waals surface area contributed by atoms with Crippen molar-refractivity contribution in [3.8, 4) is 0 Å². The molecule has 0 radical (unpaired) electrons. The maximum absolute atomic E-state index is 13.3. The molecule has 0 spiro atoms. The van der Waals surface area contributed by atoms with Gasteiger partial charge < -0.3 is 0 Å². The zero-order valence-electron chi connectivity index (χ0n) is 15.4. The molecule has 0 bridgehead atoms. The number of ketones is 1. The van der Waals surface area contributed by atoms with E-state index in [-0.39, 0.29) is 5.78 Å². The molecule has 1 aliphatic rings. The molecule has 0 saturated heterocycles. The van der Waals surface area contributed by atoms with Gasteiger partial charge in [0.25, 0.3) is 0 Å². The van der Waals surface area contributed by atoms with Gasteiger partial charge in [-0.2, -0.15) is 0 Å². The summed E-state index contributed by atoms with van der Waals surface area (Å²) >= 11 is 0. The van der Waals surface area contributed by atoms with Crippen LogP contribution in [0.1, 0.15) is 10.4 Å². The lowest BCUT2D eigenvalue weighted by atomic mass is 10.2. The van der Waals surface area contributed by atoms with Gasteiger partial charge in [-0.05, 0) is 16.4 Å². The number of allylic oxidation sites excluding steroid dienone is 6. The van der Waals surface area contributed by atoms with Crippen molar-refractivity contribution >= 4 is 29.1 Å². The second-order valence-electron chi connectivity index (χ2n) is 6.51. The van der Waals surface area contributed by atoms with Crippen LogP contribution in [0, 0.1) is 6.08 Å². The topological polar surface area (TPSA) is 17.1 Å². The van der Waals surface area contributed by atoms with E-state index in [1.54, 1.807) is 0 Å². The zero-order valence-corrected chi connectivity index (χ0v) is 16.3. The van der Waals surface area contributed by atoms with Gasteiger partial charge in [-0.25, -0.2) is 0 Å². The Kier molecular flexibility index (Phi) is 5.31. The molecule has 1 nitrogen and oxygen atoms in total. The summed E-state index contributed by atoms with van der Waals surface area (Å²) in [5.74, 6) is 2.01. The first kappa shape index (κ1) is 18.1. The Bertz CT molecular complexity index is 1060. The van der Waals surface area contributed by atoms with Gasteiger partial charge in [0.1, 0.15) is 12.2 Å². The molecule has 0 N–H and O–H groups in total. The third kappa shape index (κ3) is 3.47. The molecule has 0 fully saturated rings. The van der Waals surface area contributed by atoms with Crippen LogP contribution in [0.15, 0.2) is 121 Å². The predicted molar refractivity (Wildman–Crippen MR) is 121 cm³/mol. The van der Waals surface area contributed by atoms with Gasteiger partial charge in [0.2, 0.25) is 0 Å². The molecule has 2 heteroatoms. The molecular formula is C26H20OP+. The minimum Gasteiger partial charge on any atom is -0.289 e. The van der Waals surface area contributed by atoms with Crippen LogP contribution in [0.3, 0.4) is 0 Å². The fourth-order valence-electron chi connectivity index (χ4n) is 3.46. The standard InChI is InChI=1S/C26H20OP/c27-26(22-13-5-1-6-14-22)21-28(23-15-7-2-8-16-23,24-17-9-3-10-18-24)25-19-11-4-12-20-25/h1-3,5-21H/q+1. The lowest BCUT2D eigenvalue weighted by Gasteiger charge is -2.26. The van der Waals surface area contributed by atoms with E-state index in [9.17, 15) is 4.79 Å². The molecule has 0 unspecified atom stereocenters. The van der Waals surface area contributed by atoms with E-state index in [4.69, 9.17) is 0 Å². The summed E-state index contributed by atoms with van der Waals surface area (Å²) in [5.41, 5.74) is 0.709. The van der Waals surface area contributed by atoms with Crippen molar-refractivity contribution in [1.82, 2.24) is 0 Å². The molecule has 28 heavy (non-hydrogen) atoms. The molecule has 1 aliphatic carbocycles. The van der Waals surface area contributed by atoms with E-state index in [2.05, 4.69) is 42.5 Å². The van der Waals surface area contributed by atoms with Gasteiger partial charge in [0.05, 0.1) is 17.5 Å². The zero-order chi connectivity index (χ0) is 19.2. The molecular weight excluding hydrogens is 359 g/mol. The van der Waals surface area contributed by atoms with Crippen LogP contribution in [0.5, 0.6) is 0 Å². The summed E-state index contributed by atoms with van der Waals surface area (Å²) < 4.78 is 0. The molecule has 0 saturated carbocycles. The molecule has 4 rings (SSSR count). The molecule has 0 aromatic heterocycles. The van der Waals surface area contributed by atoms with Crippen LogP contribution in [0.25, 0.3) is 0 Å². The Balaban J connectivity index is 2.06. The first-order valence-corrected chi connectivity index (χ1v) is 11.1. The number of hydrogen-bond donors (Lipinski definition) is 0. The minimum absolute atomic E-state index is 0.0504. The fraction of sp³-hybridized carbons (Fsp3) is 0. The Morgan fingerprint density at radius 1 is 0.750 bits per heavy atom. The Hall–Kier alpha value is -3.24. The van der Waals surface area contributed by atoms with Crippen LogP contribution in [0.4, 0.5) is 0 Å². The summed E-state index contributed by atoms with van der Waals surface area (Å²) in [6.07, 6.45) is 11.1. The highest BCUT2D eigenvalue weighted by Crippen LogP contribution is 2.54. The maximum Gasteiger partial charge on any atom is 0.186 e. The van der Waals surface area contributed by atoms with Gasteiger partial charge >= 0.3 is 0 Å². The Morgan fingerprint density at radius 2 is 1.29 bits per heavy atom. The van der Waals surface area contributed by atoms with Crippen molar-refractivity contribution in [3.63, 3.8) is 0 Å². The molecule has 134 valence electrons. The number of hydrogen-bond acceptors (Lipinski definition) is 1. The van der Waals surface area contributed by atoms with E-state index < -0.39 is 6.89 Å². The normalized spacial score (nSPS) is 12.8. The molecule has 0 atom stereocenters. The van der Waals surface area contributed by atoms with Gasteiger partial charge in [-0.15, -0.1) is 0 Å². The average Bonchev–Trinajstić information content (AvgIpc) is 2.80. The van der Waals surface area contributed by atoms with E-state index in [1.807, 2.05) is 84.7 Å². The average molecular weight is 379 g/mol. The summed E-state index contributed by atoms with van der Waals surface area (Å²) in [6, 6.07) is 30.2. The summed E-state index contributed by atoms with van der Waals surface area (Å²) in [6.45, 7) is -2.27. The fourth-order valence-corrected chi connectivity index (χ4v) is 7.21. The first-order chi connectivity index (χ1) is 13.8. The van der Waals surface area contributed by atoms with Crippen molar-refractivity contribution in [2.24, 2.45) is 0 Å². The lowest BCUT2D eigenvalue weighted by molar-refractivity contribution is 0.107. The molecule has 0 aliphatic heterocycles. The van der Waals surface area contributed by atoms with Crippen molar-refractivity contribution in [2.45, 2.75) is 0 Å². The summed E-state index contributed by atoms with van der Waals surface area (Å²) in [7, 11) is 0. The van der Waals surface area contributed by atoms with Crippen LogP contribution >= 0.6 is 6.89 Å². The highest BCUT2D eigenvalue weighted by molar-refractivity contribution is 7.93. The SMILES string of the molecule is O=C(C=P(C1=CC=[C+]C=C1)(c1ccccc1)c1ccccc1)c1ccccc1. The van der Waals surface area contributed by atoms with Gasteiger partial charge in [0.15, 0.2) is 5.78 Å². The largest absolute Gasteiger partial charge is 0.289 e. The van der Waals surface area contributed by atoms with Crippen LogP contribution in [0.2, 0.25) is 0 Å². The molecule has 3 aromatic rings. The Morgan fingerprint density at radius 3 is 1.79 bits per heavy atom. The number of carbonyl (C=O) groups is 1. The predicted octanol–water partition coefficient (Wildman–Crippen LogP) is 5.15. The number of rotatable bonds is 5. The number of Topliss-reactive ketones (excluding diaryl/α,β-unsaturated/α-hetero) is 1. The van der Waals surface area contributed by atoms with Crippen molar-refractivity contribution in [1.29, 1.82) is 0 Å². The Labute approximate surface area is 166 Å². The third-order valence-corrected chi connectivity index (χ3v) is 8.76. The van der Waals surface area contributed by atoms with Crippen LogP contribution < -0.4 is 10.6 Å². The summed E-state index contributed by atoms with van der Waals surface area (Å²) in [5, 5.41) is 3.47. The van der Waals surface area contributed by atoms with E-state index in [0.29, 0.717) is 5.56 Å². The van der Waals surface area contributed by atoms with Gasteiger partial charge in [0, 0.05) is 18.5 Å². The van der Waals surface area contributed by atoms with E-state index in [1.165, 1.54) is 0 Å². The minimum atomic E-state index is -2.27. The monoisotopic (exact) mass is 379 g/mol. The first-order valence-electron chi connectivity index (χ1n) is 9.23. The van der Waals surface area contributed by atoms with Gasteiger partial charge in [-0.1, -0.05) is 91.0 Å². The van der Waals surface area contributed by atoms with Crippen molar-refractivity contribution < 1.29 is 4.79 Å². The molecule has 3 aromatic carbocycles. The van der Waals surface area contributed by atoms with Crippen molar-refractivity contribution in [3.05, 3.63) is 132 Å². The van der Waals surface area contributed by atoms with Crippen LogP contribution in [-0.2, 0) is 0 Å². The molecule has 0 heterocycles. The number of carbonyl (C=O) groups excluding carboxylic acids is 1.